The lowest BCUT2D eigenvalue weighted by Gasteiger charge is -2.32. The van der Waals surface area contributed by atoms with Crippen molar-refractivity contribution in [3.63, 3.8) is 0 Å². The van der Waals surface area contributed by atoms with E-state index in [1.807, 2.05) is 48.5 Å². The van der Waals surface area contributed by atoms with E-state index in [0.29, 0.717) is 35.2 Å². The molecule has 0 aliphatic carbocycles. The van der Waals surface area contributed by atoms with Crippen LogP contribution in [0.25, 0.3) is 0 Å². The maximum Gasteiger partial charge on any atom is 0.278 e. The van der Waals surface area contributed by atoms with Crippen LogP contribution in [0.4, 0.5) is 5.69 Å². The summed E-state index contributed by atoms with van der Waals surface area (Å²) in [5, 5.41) is 12.2. The highest BCUT2D eigenvalue weighted by molar-refractivity contribution is 8.05. The van der Waals surface area contributed by atoms with Crippen LogP contribution in [0.3, 0.4) is 0 Å². The number of nitrogens with zero attached hydrogens (tertiary/aromatic N) is 4. The predicted octanol–water partition coefficient (Wildman–Crippen LogP) is 3.04. The lowest BCUT2D eigenvalue weighted by atomic mass is 10.1. The molecule has 0 unspecified atom stereocenters. The highest BCUT2D eigenvalue weighted by Crippen LogP contribution is 2.42. The molecular weight excluding hydrogens is 458 g/mol. The molecule has 2 aromatic carbocycles. The number of hydrazine groups is 1. The summed E-state index contributed by atoms with van der Waals surface area (Å²) in [6, 6.07) is 18.5. The lowest BCUT2D eigenvalue weighted by Crippen LogP contribution is -2.53. The third kappa shape index (κ3) is 5.40. The van der Waals surface area contributed by atoms with Crippen LogP contribution < -0.4 is 10.3 Å². The van der Waals surface area contributed by atoms with Crippen LogP contribution >= 0.6 is 23.4 Å². The van der Waals surface area contributed by atoms with Crippen LogP contribution in [0.5, 0.6) is 0 Å². The van der Waals surface area contributed by atoms with E-state index in [1.54, 1.807) is 18.2 Å². The average Bonchev–Trinajstić information content (AvgIpc) is 3.12. The molecule has 2 fully saturated rings. The fraction of sp³-hybridized carbons (Fsp3) is 0.292. The Labute approximate surface area is 202 Å². The maximum absolute atomic E-state index is 13.5. The Morgan fingerprint density at radius 1 is 1.15 bits per heavy atom. The molecule has 2 saturated heterocycles. The number of halogens is 1. The number of anilines is 1. The van der Waals surface area contributed by atoms with Gasteiger partial charge < -0.3 is 4.90 Å². The molecule has 2 aliphatic rings. The van der Waals surface area contributed by atoms with Gasteiger partial charge in [0.15, 0.2) is 0 Å². The van der Waals surface area contributed by atoms with Crippen molar-refractivity contribution in [2.24, 2.45) is 0 Å². The summed E-state index contributed by atoms with van der Waals surface area (Å²) in [7, 11) is 2.03. The molecule has 170 valence electrons. The summed E-state index contributed by atoms with van der Waals surface area (Å²) in [4.78, 5) is 30.2. The van der Waals surface area contributed by atoms with Crippen LogP contribution in [0.1, 0.15) is 5.56 Å². The molecular formula is C24H24ClN5O2S. The summed E-state index contributed by atoms with van der Waals surface area (Å²) >= 11 is 7.37. The van der Waals surface area contributed by atoms with Gasteiger partial charge in [-0.15, -0.1) is 0 Å². The minimum absolute atomic E-state index is 0.0651. The van der Waals surface area contributed by atoms with Gasteiger partial charge in [-0.05, 0) is 43.3 Å². The first-order chi connectivity index (χ1) is 16.0. The third-order valence-corrected chi connectivity index (χ3v) is 7.09. The van der Waals surface area contributed by atoms with Crippen LogP contribution in [0.2, 0.25) is 5.02 Å². The molecule has 1 atom stereocenters. The van der Waals surface area contributed by atoms with Crippen molar-refractivity contribution in [2.75, 3.05) is 38.1 Å². The number of para-hydroxylation sites is 1. The topological polar surface area (TPSA) is 79.7 Å². The summed E-state index contributed by atoms with van der Waals surface area (Å²) in [5.41, 5.74) is 4.32. The maximum atomic E-state index is 13.5. The number of rotatable bonds is 5. The first-order valence-electron chi connectivity index (χ1n) is 10.6. The van der Waals surface area contributed by atoms with Gasteiger partial charge in [-0.1, -0.05) is 53.7 Å². The Kier molecular flexibility index (Phi) is 7.36. The van der Waals surface area contributed by atoms with Gasteiger partial charge >= 0.3 is 0 Å². The Morgan fingerprint density at radius 3 is 2.55 bits per heavy atom. The van der Waals surface area contributed by atoms with Crippen molar-refractivity contribution in [1.82, 2.24) is 15.3 Å². The van der Waals surface area contributed by atoms with Crippen molar-refractivity contribution in [1.29, 1.82) is 5.26 Å². The second-order valence-corrected chi connectivity index (χ2v) is 9.60. The number of carbonyl (C=O) groups is 2. The molecule has 1 N–H and O–H groups in total. The van der Waals surface area contributed by atoms with Crippen LogP contribution in [-0.2, 0) is 16.0 Å². The largest absolute Gasteiger partial charge is 0.304 e. The van der Waals surface area contributed by atoms with Crippen LogP contribution in [0, 0.1) is 11.3 Å². The van der Waals surface area contributed by atoms with Gasteiger partial charge in [-0.25, -0.2) is 5.01 Å². The van der Waals surface area contributed by atoms with Gasteiger partial charge in [-0.2, -0.15) is 5.26 Å². The predicted molar refractivity (Wildman–Crippen MR) is 130 cm³/mol. The van der Waals surface area contributed by atoms with E-state index >= 15 is 0 Å². The van der Waals surface area contributed by atoms with E-state index in [-0.39, 0.29) is 11.5 Å². The zero-order valence-corrected chi connectivity index (χ0v) is 19.8. The first kappa shape index (κ1) is 23.3. The number of benzene rings is 2. The molecule has 33 heavy (non-hydrogen) atoms. The molecule has 9 heteroatoms. The number of amides is 2. The van der Waals surface area contributed by atoms with E-state index in [4.69, 9.17) is 11.6 Å². The van der Waals surface area contributed by atoms with E-state index in [1.165, 1.54) is 16.7 Å². The van der Waals surface area contributed by atoms with E-state index in [2.05, 4.69) is 16.4 Å². The number of hydrogen-bond acceptors (Lipinski definition) is 6. The molecule has 2 aromatic rings. The van der Waals surface area contributed by atoms with Crippen molar-refractivity contribution < 1.29 is 9.59 Å². The minimum atomic E-state index is -0.498. The molecule has 0 aromatic heterocycles. The Morgan fingerprint density at radius 2 is 1.88 bits per heavy atom. The highest BCUT2D eigenvalue weighted by Gasteiger charge is 2.41. The summed E-state index contributed by atoms with van der Waals surface area (Å²) < 4.78 is 0. The monoisotopic (exact) mass is 481 g/mol. The molecule has 0 bridgehead atoms. The second-order valence-electron chi connectivity index (χ2n) is 7.97. The normalized spacial score (nSPS) is 21.1. The molecule has 0 radical (unpaired) electrons. The Balaban J connectivity index is 1.64. The van der Waals surface area contributed by atoms with Crippen molar-refractivity contribution in [3.8, 4) is 6.07 Å². The third-order valence-electron chi connectivity index (χ3n) is 5.59. The molecule has 2 aliphatic heterocycles. The number of nitrogens with one attached hydrogen (secondary N) is 1. The van der Waals surface area contributed by atoms with Crippen LogP contribution in [-0.4, -0.2) is 60.2 Å². The molecule has 2 heterocycles. The average molecular weight is 482 g/mol. The van der Waals surface area contributed by atoms with E-state index in [9.17, 15) is 14.9 Å². The standard InChI is InChI=1S/C24H24ClN5O2S/c1-28-10-12-29(13-11-28)27-22(31)20(16-26)24-30(19-8-3-2-4-9-19)23(32)21(33-24)15-17-6-5-7-18(25)14-17/h2-9,14,21H,10-13,15H2,1H3,(H,27,31)/b24-20-/t21-/m1/s1. The van der Waals surface area contributed by atoms with Crippen molar-refractivity contribution >= 4 is 40.9 Å². The van der Waals surface area contributed by atoms with Gasteiger partial charge in [0.25, 0.3) is 5.91 Å². The number of thioether (sulfide) groups is 1. The second kappa shape index (κ2) is 10.4. The first-order valence-corrected chi connectivity index (χ1v) is 11.9. The fourth-order valence-electron chi connectivity index (χ4n) is 3.79. The number of nitriles is 1. The van der Waals surface area contributed by atoms with E-state index < -0.39 is 11.2 Å². The number of hydrogen-bond donors (Lipinski definition) is 1. The van der Waals surface area contributed by atoms with Crippen molar-refractivity contribution in [2.45, 2.75) is 11.7 Å². The SMILES string of the molecule is CN1CCN(NC(=O)/C(C#N)=C2\S[C@H](Cc3cccc(Cl)c3)C(=O)N2c2ccccc2)CC1. The quantitative estimate of drug-likeness (QED) is 0.522. The van der Waals surface area contributed by atoms with Gasteiger partial charge in [-0.3, -0.25) is 19.9 Å². The minimum Gasteiger partial charge on any atom is -0.304 e. The van der Waals surface area contributed by atoms with Gasteiger partial charge in [0.05, 0.1) is 5.25 Å². The van der Waals surface area contributed by atoms with E-state index in [0.717, 1.165) is 18.7 Å². The highest BCUT2D eigenvalue weighted by atomic mass is 35.5. The lowest BCUT2D eigenvalue weighted by molar-refractivity contribution is -0.122. The van der Waals surface area contributed by atoms with Gasteiger partial charge in [0.2, 0.25) is 5.91 Å². The molecule has 4 rings (SSSR count). The number of likely N-dealkylation sites (N-methyl/N-ethyl adjacent to an activating group) is 1. The Hall–Kier alpha value is -2.83. The molecule has 2 amide bonds. The molecule has 7 nitrogen and oxygen atoms in total. The smallest absolute Gasteiger partial charge is 0.278 e. The van der Waals surface area contributed by atoms with Crippen molar-refractivity contribution in [3.05, 3.63) is 75.8 Å². The zero-order valence-electron chi connectivity index (χ0n) is 18.2. The molecule has 0 spiro atoms. The summed E-state index contributed by atoms with van der Waals surface area (Å²) in [5.74, 6) is -0.664. The zero-order chi connectivity index (χ0) is 23.4. The summed E-state index contributed by atoms with van der Waals surface area (Å²) in [6.07, 6.45) is 0.440. The number of carbonyl (C=O) groups excluding carboxylic acids is 2. The Bertz CT molecular complexity index is 1110. The number of piperazine rings is 1. The van der Waals surface area contributed by atoms with Crippen LogP contribution in [0.15, 0.2) is 65.2 Å². The summed E-state index contributed by atoms with van der Waals surface area (Å²) in [6.45, 7) is 2.98. The fourth-order valence-corrected chi connectivity index (χ4v) is 5.32. The van der Waals surface area contributed by atoms with Gasteiger partial charge in [0, 0.05) is 36.9 Å². The molecule has 0 saturated carbocycles. The van der Waals surface area contributed by atoms with Gasteiger partial charge in [0.1, 0.15) is 16.7 Å².